The Bertz CT molecular complexity index is 115. The molecule has 0 aromatic heterocycles. The SMILES string of the molecule is CC(C)(C)CCCCCCN=O. The quantitative estimate of drug-likeness (QED) is 0.442. The van der Waals surface area contributed by atoms with E-state index in [-0.39, 0.29) is 0 Å². The van der Waals surface area contributed by atoms with Crippen molar-refractivity contribution in [3.63, 3.8) is 0 Å². The summed E-state index contributed by atoms with van der Waals surface area (Å²) < 4.78 is 0. The molecule has 0 atom stereocenters. The van der Waals surface area contributed by atoms with Crippen LogP contribution >= 0.6 is 0 Å². The Morgan fingerprint density at radius 3 is 2.08 bits per heavy atom. The van der Waals surface area contributed by atoms with Gasteiger partial charge >= 0.3 is 0 Å². The van der Waals surface area contributed by atoms with E-state index in [2.05, 4.69) is 25.9 Å². The third-order valence-corrected chi connectivity index (χ3v) is 1.93. The second-order valence-electron chi connectivity index (χ2n) is 4.58. The van der Waals surface area contributed by atoms with E-state index in [9.17, 15) is 4.91 Å². The molecule has 0 fully saturated rings. The van der Waals surface area contributed by atoms with Gasteiger partial charge in [-0.25, -0.2) is 0 Å². The average molecular weight is 171 g/mol. The van der Waals surface area contributed by atoms with Crippen molar-refractivity contribution in [1.29, 1.82) is 0 Å². The second kappa shape index (κ2) is 6.15. The zero-order valence-electron chi connectivity index (χ0n) is 8.60. The molecule has 12 heavy (non-hydrogen) atoms. The highest BCUT2D eigenvalue weighted by atomic mass is 16.3. The van der Waals surface area contributed by atoms with Crippen LogP contribution in [0.3, 0.4) is 0 Å². The zero-order valence-corrected chi connectivity index (χ0v) is 8.60. The highest BCUT2D eigenvalue weighted by molar-refractivity contribution is 4.61. The van der Waals surface area contributed by atoms with Crippen LogP contribution in [0.15, 0.2) is 5.18 Å². The summed E-state index contributed by atoms with van der Waals surface area (Å²) in [6.45, 7) is 7.29. The van der Waals surface area contributed by atoms with Crippen molar-refractivity contribution in [3.05, 3.63) is 4.91 Å². The van der Waals surface area contributed by atoms with E-state index in [0.29, 0.717) is 12.0 Å². The third kappa shape index (κ3) is 9.60. The molecule has 0 spiro atoms. The van der Waals surface area contributed by atoms with Gasteiger partial charge < -0.3 is 0 Å². The fourth-order valence-corrected chi connectivity index (χ4v) is 1.19. The number of nitrogens with zero attached hydrogens (tertiary/aromatic N) is 1. The summed E-state index contributed by atoms with van der Waals surface area (Å²) in [5.41, 5.74) is 0.461. The number of rotatable bonds is 6. The van der Waals surface area contributed by atoms with Crippen molar-refractivity contribution in [2.24, 2.45) is 10.6 Å². The highest BCUT2D eigenvalue weighted by Gasteiger charge is 2.08. The molecule has 0 aromatic rings. The van der Waals surface area contributed by atoms with Crippen molar-refractivity contribution >= 4 is 0 Å². The van der Waals surface area contributed by atoms with Crippen molar-refractivity contribution in [3.8, 4) is 0 Å². The fourth-order valence-electron chi connectivity index (χ4n) is 1.19. The molecule has 0 bridgehead atoms. The first kappa shape index (κ1) is 11.6. The lowest BCUT2D eigenvalue weighted by molar-refractivity contribution is 0.357. The number of unbranched alkanes of at least 4 members (excludes halogenated alkanes) is 3. The van der Waals surface area contributed by atoms with E-state index in [1.807, 2.05) is 0 Å². The van der Waals surface area contributed by atoms with Crippen LogP contribution in [0.1, 0.15) is 52.9 Å². The van der Waals surface area contributed by atoms with E-state index in [0.717, 1.165) is 12.8 Å². The van der Waals surface area contributed by atoms with Gasteiger partial charge in [0.25, 0.3) is 0 Å². The minimum atomic E-state index is 0.461. The molecule has 0 aromatic carbocycles. The molecule has 2 nitrogen and oxygen atoms in total. The van der Waals surface area contributed by atoms with Gasteiger partial charge in [-0.05, 0) is 18.3 Å². The molecule has 0 saturated carbocycles. The van der Waals surface area contributed by atoms with Crippen molar-refractivity contribution in [2.75, 3.05) is 6.54 Å². The summed E-state index contributed by atoms with van der Waals surface area (Å²) in [6.07, 6.45) is 5.92. The predicted octanol–water partition coefficient (Wildman–Crippen LogP) is 3.75. The Balaban J connectivity index is 3.06. The first-order valence-corrected chi connectivity index (χ1v) is 4.85. The minimum absolute atomic E-state index is 0.461. The molecule has 0 rings (SSSR count). The largest absolute Gasteiger partial charge is 0.151 e. The molecular formula is C10H21NO. The van der Waals surface area contributed by atoms with Gasteiger partial charge in [0, 0.05) is 0 Å². The Morgan fingerprint density at radius 1 is 1.00 bits per heavy atom. The standard InChI is InChI=1S/C10H21NO/c1-10(2,3)8-6-4-5-7-9-11-12/h4-9H2,1-3H3. The molecule has 0 unspecified atom stereocenters. The molecule has 0 aliphatic carbocycles. The molecule has 0 heterocycles. The van der Waals surface area contributed by atoms with Crippen molar-refractivity contribution in [1.82, 2.24) is 0 Å². The number of nitroso groups, excluding NO2 is 1. The summed E-state index contributed by atoms with van der Waals surface area (Å²) in [6, 6.07) is 0. The molecule has 72 valence electrons. The van der Waals surface area contributed by atoms with E-state index in [4.69, 9.17) is 0 Å². The van der Waals surface area contributed by atoms with Gasteiger partial charge in [-0.1, -0.05) is 45.2 Å². The maximum absolute atomic E-state index is 9.75. The van der Waals surface area contributed by atoms with Crippen molar-refractivity contribution < 1.29 is 0 Å². The van der Waals surface area contributed by atoms with Gasteiger partial charge in [0.15, 0.2) is 0 Å². The van der Waals surface area contributed by atoms with Crippen LogP contribution in [-0.4, -0.2) is 6.54 Å². The van der Waals surface area contributed by atoms with Crippen LogP contribution in [0.4, 0.5) is 0 Å². The molecule has 0 aliphatic rings. The monoisotopic (exact) mass is 171 g/mol. The van der Waals surface area contributed by atoms with Crippen LogP contribution in [0.5, 0.6) is 0 Å². The normalized spacial score (nSPS) is 11.6. The first-order chi connectivity index (χ1) is 5.56. The molecule has 0 amide bonds. The van der Waals surface area contributed by atoms with Crippen LogP contribution in [-0.2, 0) is 0 Å². The summed E-state index contributed by atoms with van der Waals surface area (Å²) in [5, 5.41) is 2.83. The Morgan fingerprint density at radius 2 is 1.58 bits per heavy atom. The van der Waals surface area contributed by atoms with E-state index >= 15 is 0 Å². The lowest BCUT2D eigenvalue weighted by atomic mass is 9.89. The zero-order chi connectivity index (χ0) is 9.45. The maximum Gasteiger partial charge on any atom is 0.0811 e. The smallest absolute Gasteiger partial charge is 0.0811 e. The van der Waals surface area contributed by atoms with Gasteiger partial charge in [0.05, 0.1) is 6.54 Å². The van der Waals surface area contributed by atoms with E-state index < -0.39 is 0 Å². The summed E-state index contributed by atoms with van der Waals surface area (Å²) in [7, 11) is 0. The molecule has 2 heteroatoms. The molecule has 0 aliphatic heterocycles. The van der Waals surface area contributed by atoms with E-state index in [1.165, 1.54) is 19.3 Å². The molecule has 0 saturated heterocycles. The molecule has 0 radical (unpaired) electrons. The molecular weight excluding hydrogens is 150 g/mol. The van der Waals surface area contributed by atoms with Crippen LogP contribution in [0.25, 0.3) is 0 Å². The predicted molar refractivity (Wildman–Crippen MR) is 53.2 cm³/mol. The summed E-state index contributed by atoms with van der Waals surface area (Å²) >= 11 is 0. The van der Waals surface area contributed by atoms with Crippen LogP contribution < -0.4 is 0 Å². The lowest BCUT2D eigenvalue weighted by Crippen LogP contribution is -2.03. The molecule has 0 N–H and O–H groups in total. The van der Waals surface area contributed by atoms with Gasteiger partial charge in [-0.2, -0.15) is 4.91 Å². The fraction of sp³-hybridized carbons (Fsp3) is 1.00. The highest BCUT2D eigenvalue weighted by Crippen LogP contribution is 2.22. The minimum Gasteiger partial charge on any atom is -0.151 e. The average Bonchev–Trinajstić information content (AvgIpc) is 1.94. The van der Waals surface area contributed by atoms with Gasteiger partial charge in [-0.3, -0.25) is 0 Å². The topological polar surface area (TPSA) is 29.4 Å². The third-order valence-electron chi connectivity index (χ3n) is 1.93. The summed E-state index contributed by atoms with van der Waals surface area (Å²) in [4.78, 5) is 9.75. The Labute approximate surface area is 75.7 Å². The maximum atomic E-state index is 9.75. The first-order valence-electron chi connectivity index (χ1n) is 4.85. The van der Waals surface area contributed by atoms with Crippen LogP contribution in [0.2, 0.25) is 0 Å². The number of hydrogen-bond acceptors (Lipinski definition) is 2. The van der Waals surface area contributed by atoms with Crippen molar-refractivity contribution in [2.45, 2.75) is 52.9 Å². The second-order valence-corrected chi connectivity index (χ2v) is 4.58. The van der Waals surface area contributed by atoms with Crippen LogP contribution in [0, 0.1) is 10.3 Å². The van der Waals surface area contributed by atoms with Gasteiger partial charge in [-0.15, -0.1) is 0 Å². The Kier molecular flexibility index (Phi) is 5.95. The number of hydrogen-bond donors (Lipinski definition) is 0. The van der Waals surface area contributed by atoms with Gasteiger partial charge in [0.2, 0.25) is 0 Å². The van der Waals surface area contributed by atoms with E-state index in [1.54, 1.807) is 0 Å². The lowest BCUT2D eigenvalue weighted by Gasteiger charge is -2.17. The van der Waals surface area contributed by atoms with Gasteiger partial charge in [0.1, 0.15) is 0 Å². The Hall–Kier alpha value is -0.400. The summed E-state index contributed by atoms with van der Waals surface area (Å²) in [5.74, 6) is 0.